The third-order valence-electron chi connectivity index (χ3n) is 1.88. The van der Waals surface area contributed by atoms with Crippen LogP contribution in [0, 0.1) is 5.92 Å². The Kier molecular flexibility index (Phi) is 5.53. The highest BCUT2D eigenvalue weighted by atomic mass is 16.4. The number of rotatable bonds is 5. The summed E-state index contributed by atoms with van der Waals surface area (Å²) < 4.78 is 0. The normalized spacial score (nSPS) is 11.2. The van der Waals surface area contributed by atoms with Gasteiger partial charge in [-0.25, -0.2) is 4.79 Å². The molecule has 0 aromatic rings. The second-order valence-electron chi connectivity index (χ2n) is 2.66. The molecule has 0 rings (SSSR count). The Balaban J connectivity index is 3.57. The van der Waals surface area contributed by atoms with Crippen molar-refractivity contribution in [1.82, 2.24) is 0 Å². The zero-order valence-corrected chi connectivity index (χ0v) is 7.21. The largest absolute Gasteiger partial charge is 0.478 e. The molecule has 0 amide bonds. The lowest BCUT2D eigenvalue weighted by Crippen LogP contribution is -1.94. The van der Waals surface area contributed by atoms with Gasteiger partial charge in [0.15, 0.2) is 0 Å². The smallest absolute Gasteiger partial charge is 0.327 e. The first-order valence-corrected chi connectivity index (χ1v) is 4.10. The maximum absolute atomic E-state index is 10.1. The Hall–Kier alpha value is -0.790. The fraction of sp³-hybridized carbons (Fsp3) is 0.667. The first-order valence-electron chi connectivity index (χ1n) is 4.10. The van der Waals surface area contributed by atoms with Crippen molar-refractivity contribution in [3.8, 4) is 0 Å². The number of hydrogen-bond acceptors (Lipinski definition) is 1. The second-order valence-corrected chi connectivity index (χ2v) is 2.66. The Labute approximate surface area is 67.9 Å². The summed E-state index contributed by atoms with van der Waals surface area (Å²) in [5, 5.41) is 8.28. The first-order chi connectivity index (χ1) is 5.20. The summed E-state index contributed by atoms with van der Waals surface area (Å²) in [5.74, 6) is -0.207. The van der Waals surface area contributed by atoms with E-state index >= 15 is 0 Å². The third kappa shape index (κ3) is 5.64. The molecule has 0 aliphatic heterocycles. The van der Waals surface area contributed by atoms with E-state index in [-0.39, 0.29) is 0 Å². The van der Waals surface area contributed by atoms with Crippen LogP contribution in [0.3, 0.4) is 0 Å². The van der Waals surface area contributed by atoms with Crippen LogP contribution < -0.4 is 0 Å². The Morgan fingerprint density at radius 1 is 1.45 bits per heavy atom. The van der Waals surface area contributed by atoms with Crippen molar-refractivity contribution < 1.29 is 9.90 Å². The van der Waals surface area contributed by atoms with Gasteiger partial charge < -0.3 is 5.11 Å². The monoisotopic (exact) mass is 156 g/mol. The number of carboxylic acids is 1. The highest BCUT2D eigenvalue weighted by molar-refractivity contribution is 5.79. The predicted octanol–water partition coefficient (Wildman–Crippen LogP) is 2.45. The maximum atomic E-state index is 10.1. The minimum absolute atomic E-state index is 0.644. The number of aliphatic carboxylic acids is 1. The van der Waals surface area contributed by atoms with E-state index in [0.717, 1.165) is 19.3 Å². The first kappa shape index (κ1) is 10.2. The van der Waals surface area contributed by atoms with Gasteiger partial charge in [-0.15, -0.1) is 0 Å². The van der Waals surface area contributed by atoms with E-state index in [1.807, 2.05) is 0 Å². The molecule has 0 bridgehead atoms. The van der Waals surface area contributed by atoms with Crippen molar-refractivity contribution >= 4 is 5.97 Å². The van der Waals surface area contributed by atoms with Crippen LogP contribution in [0.2, 0.25) is 0 Å². The molecule has 2 heteroatoms. The van der Waals surface area contributed by atoms with Crippen LogP contribution in [-0.4, -0.2) is 11.1 Å². The van der Waals surface area contributed by atoms with Gasteiger partial charge in [-0.1, -0.05) is 32.8 Å². The van der Waals surface area contributed by atoms with E-state index in [9.17, 15) is 4.79 Å². The van der Waals surface area contributed by atoms with Crippen molar-refractivity contribution in [2.45, 2.75) is 33.1 Å². The summed E-state index contributed by atoms with van der Waals surface area (Å²) in [7, 11) is 0. The summed E-state index contributed by atoms with van der Waals surface area (Å²) in [6.07, 6.45) is 6.10. The maximum Gasteiger partial charge on any atom is 0.327 e. The van der Waals surface area contributed by atoms with Crippen molar-refractivity contribution in [3.63, 3.8) is 0 Å². The van der Waals surface area contributed by atoms with E-state index in [1.165, 1.54) is 6.08 Å². The highest BCUT2D eigenvalue weighted by Gasteiger charge is 1.99. The van der Waals surface area contributed by atoms with E-state index < -0.39 is 5.97 Å². The Morgan fingerprint density at radius 2 is 2.00 bits per heavy atom. The fourth-order valence-corrected chi connectivity index (χ4v) is 0.983. The molecule has 2 nitrogen and oxygen atoms in total. The Morgan fingerprint density at radius 3 is 2.36 bits per heavy atom. The molecular formula is C9H16O2. The molecule has 0 aliphatic carbocycles. The average Bonchev–Trinajstić information content (AvgIpc) is 1.98. The molecule has 11 heavy (non-hydrogen) atoms. The number of carbonyl (C=O) groups is 1. The van der Waals surface area contributed by atoms with Crippen LogP contribution in [0.4, 0.5) is 0 Å². The van der Waals surface area contributed by atoms with Gasteiger partial charge in [0.05, 0.1) is 0 Å². The third-order valence-corrected chi connectivity index (χ3v) is 1.88. The summed E-state index contributed by atoms with van der Waals surface area (Å²) >= 11 is 0. The molecular weight excluding hydrogens is 140 g/mol. The van der Waals surface area contributed by atoms with Gasteiger partial charge in [-0.05, 0) is 12.3 Å². The van der Waals surface area contributed by atoms with Crippen molar-refractivity contribution in [2.24, 2.45) is 5.92 Å². The fourth-order valence-electron chi connectivity index (χ4n) is 0.983. The van der Waals surface area contributed by atoms with E-state index in [2.05, 4.69) is 13.8 Å². The molecule has 0 spiro atoms. The van der Waals surface area contributed by atoms with Crippen LogP contribution in [0.5, 0.6) is 0 Å². The molecule has 0 heterocycles. The van der Waals surface area contributed by atoms with Crippen molar-refractivity contribution in [3.05, 3.63) is 12.2 Å². The second kappa shape index (κ2) is 5.96. The quantitative estimate of drug-likeness (QED) is 0.621. The standard InChI is InChI=1S/C9H16O2/c1-3-8(4-2)6-5-7-9(10)11/h5,7-8H,3-4,6H2,1-2H3,(H,10,11). The minimum atomic E-state index is -0.851. The van der Waals surface area contributed by atoms with Gasteiger partial charge in [0.25, 0.3) is 0 Å². The molecule has 0 atom stereocenters. The molecule has 0 radical (unpaired) electrons. The lowest BCUT2D eigenvalue weighted by Gasteiger charge is -2.06. The van der Waals surface area contributed by atoms with Gasteiger partial charge >= 0.3 is 5.97 Å². The Bertz CT molecular complexity index is 134. The van der Waals surface area contributed by atoms with Gasteiger partial charge in [-0.2, -0.15) is 0 Å². The molecule has 0 saturated heterocycles. The summed E-state index contributed by atoms with van der Waals surface area (Å²) in [6, 6.07) is 0. The molecule has 0 fully saturated rings. The zero-order chi connectivity index (χ0) is 8.69. The van der Waals surface area contributed by atoms with E-state index in [0.29, 0.717) is 5.92 Å². The lowest BCUT2D eigenvalue weighted by atomic mass is 9.99. The summed E-state index contributed by atoms with van der Waals surface area (Å²) in [4.78, 5) is 10.1. The summed E-state index contributed by atoms with van der Waals surface area (Å²) in [5.41, 5.74) is 0. The number of hydrogen-bond donors (Lipinski definition) is 1. The van der Waals surface area contributed by atoms with E-state index in [1.54, 1.807) is 6.08 Å². The van der Waals surface area contributed by atoms with Crippen LogP contribution in [0.1, 0.15) is 33.1 Å². The van der Waals surface area contributed by atoms with Gasteiger partial charge in [0.2, 0.25) is 0 Å². The van der Waals surface area contributed by atoms with Gasteiger partial charge in [-0.3, -0.25) is 0 Å². The van der Waals surface area contributed by atoms with E-state index in [4.69, 9.17) is 5.11 Å². The molecule has 64 valence electrons. The molecule has 0 saturated carbocycles. The SMILES string of the molecule is CCC(CC)CC=CC(=O)O. The van der Waals surface area contributed by atoms with Crippen LogP contribution >= 0.6 is 0 Å². The molecule has 0 aromatic carbocycles. The van der Waals surface area contributed by atoms with Crippen molar-refractivity contribution in [1.29, 1.82) is 0 Å². The van der Waals surface area contributed by atoms with Gasteiger partial charge in [0, 0.05) is 6.08 Å². The number of allylic oxidation sites excluding steroid dienone is 1. The lowest BCUT2D eigenvalue weighted by molar-refractivity contribution is -0.131. The van der Waals surface area contributed by atoms with Crippen LogP contribution in [0.25, 0.3) is 0 Å². The minimum Gasteiger partial charge on any atom is -0.478 e. The topological polar surface area (TPSA) is 37.3 Å². The summed E-state index contributed by atoms with van der Waals surface area (Å²) in [6.45, 7) is 4.26. The highest BCUT2D eigenvalue weighted by Crippen LogP contribution is 2.12. The van der Waals surface area contributed by atoms with Gasteiger partial charge in [0.1, 0.15) is 0 Å². The average molecular weight is 156 g/mol. The van der Waals surface area contributed by atoms with Crippen LogP contribution in [0.15, 0.2) is 12.2 Å². The molecule has 0 aliphatic rings. The molecule has 1 N–H and O–H groups in total. The molecule has 0 aromatic heterocycles. The van der Waals surface area contributed by atoms with Crippen molar-refractivity contribution in [2.75, 3.05) is 0 Å². The number of carboxylic acid groups (broad SMARTS) is 1. The zero-order valence-electron chi connectivity index (χ0n) is 7.21. The molecule has 0 unspecified atom stereocenters. The van der Waals surface area contributed by atoms with Crippen LogP contribution in [-0.2, 0) is 4.79 Å². The predicted molar refractivity (Wildman–Crippen MR) is 45.5 cm³/mol.